The Morgan fingerprint density at radius 3 is 2.55 bits per heavy atom. The number of nitrogens with two attached hydrogens (primary N) is 1. The summed E-state index contributed by atoms with van der Waals surface area (Å²) in [6.07, 6.45) is 1.84. The molecule has 3 N–H and O–H groups in total. The van der Waals surface area contributed by atoms with Gasteiger partial charge in [0.05, 0.1) is 11.1 Å². The van der Waals surface area contributed by atoms with Gasteiger partial charge in [-0.2, -0.15) is 0 Å². The molecule has 3 aromatic rings. The first-order valence-electron chi connectivity index (χ1n) is 6.07. The minimum Gasteiger partial charge on any atom is -0.317 e. The number of rotatable bonds is 2. The van der Waals surface area contributed by atoms with Crippen LogP contribution in [-0.4, -0.2) is 10.5 Å². The van der Waals surface area contributed by atoms with Crippen molar-refractivity contribution in [3.05, 3.63) is 66.1 Å². The zero-order valence-electron chi connectivity index (χ0n) is 10.5. The molecule has 0 fully saturated rings. The van der Waals surface area contributed by atoms with Gasteiger partial charge in [0.15, 0.2) is 0 Å². The SMILES string of the molecule is NNC(=O)c1cccc2c1ccn2-c1ccc(F)cc1. The van der Waals surface area contributed by atoms with Gasteiger partial charge < -0.3 is 4.57 Å². The molecule has 5 heteroatoms. The lowest BCUT2D eigenvalue weighted by atomic mass is 10.1. The second-order valence-electron chi connectivity index (χ2n) is 4.37. The maximum atomic E-state index is 13.0. The molecule has 0 aliphatic carbocycles. The van der Waals surface area contributed by atoms with Crippen molar-refractivity contribution in [1.82, 2.24) is 9.99 Å². The lowest BCUT2D eigenvalue weighted by Gasteiger charge is -2.06. The quantitative estimate of drug-likeness (QED) is 0.426. The Hall–Kier alpha value is -2.66. The number of nitrogens with one attached hydrogen (secondary N) is 1. The molecule has 0 unspecified atom stereocenters. The third kappa shape index (κ3) is 1.94. The minimum atomic E-state index is -0.340. The fourth-order valence-electron chi connectivity index (χ4n) is 2.27. The van der Waals surface area contributed by atoms with Crippen LogP contribution < -0.4 is 11.3 Å². The molecule has 1 aromatic heterocycles. The Labute approximate surface area is 114 Å². The molecule has 0 spiro atoms. The van der Waals surface area contributed by atoms with Crippen LogP contribution in [0.25, 0.3) is 16.6 Å². The van der Waals surface area contributed by atoms with Gasteiger partial charge in [-0.25, -0.2) is 10.2 Å². The Morgan fingerprint density at radius 1 is 1.10 bits per heavy atom. The number of benzene rings is 2. The Bertz CT molecular complexity index is 777. The van der Waals surface area contributed by atoms with Crippen molar-refractivity contribution in [3.63, 3.8) is 0 Å². The molecular formula is C15H12FN3O. The molecule has 1 heterocycles. The highest BCUT2D eigenvalue weighted by Crippen LogP contribution is 2.23. The first-order valence-corrected chi connectivity index (χ1v) is 6.07. The van der Waals surface area contributed by atoms with Crippen LogP contribution in [0.5, 0.6) is 0 Å². The molecule has 1 amide bonds. The summed E-state index contributed by atoms with van der Waals surface area (Å²) in [6, 6.07) is 13.4. The van der Waals surface area contributed by atoms with E-state index >= 15 is 0 Å². The van der Waals surface area contributed by atoms with Crippen molar-refractivity contribution in [2.24, 2.45) is 5.84 Å². The molecule has 0 radical (unpaired) electrons. The number of amides is 1. The summed E-state index contributed by atoms with van der Waals surface area (Å²) >= 11 is 0. The Kier molecular flexibility index (Phi) is 2.96. The van der Waals surface area contributed by atoms with E-state index in [9.17, 15) is 9.18 Å². The van der Waals surface area contributed by atoms with Gasteiger partial charge in [0.1, 0.15) is 5.82 Å². The van der Waals surface area contributed by atoms with Gasteiger partial charge in [-0.3, -0.25) is 10.2 Å². The Morgan fingerprint density at radius 2 is 1.85 bits per heavy atom. The number of hydrogen-bond acceptors (Lipinski definition) is 2. The summed E-state index contributed by atoms with van der Waals surface area (Å²) in [5.74, 6) is 4.56. The Balaban J connectivity index is 2.19. The van der Waals surface area contributed by atoms with E-state index in [1.54, 1.807) is 24.3 Å². The number of nitrogens with zero attached hydrogens (tertiary/aromatic N) is 1. The number of nitrogen functional groups attached to an aromatic ring is 1. The van der Waals surface area contributed by atoms with Gasteiger partial charge in [-0.05, 0) is 42.5 Å². The van der Waals surface area contributed by atoms with Crippen LogP contribution in [0.3, 0.4) is 0 Å². The van der Waals surface area contributed by atoms with Crippen LogP contribution in [0.15, 0.2) is 54.7 Å². The monoisotopic (exact) mass is 269 g/mol. The smallest absolute Gasteiger partial charge is 0.265 e. The maximum absolute atomic E-state index is 13.0. The molecule has 3 rings (SSSR count). The number of fused-ring (bicyclic) bond motifs is 1. The predicted octanol–water partition coefficient (Wildman–Crippen LogP) is 2.37. The summed E-state index contributed by atoms with van der Waals surface area (Å²) in [6.45, 7) is 0. The molecule has 20 heavy (non-hydrogen) atoms. The van der Waals surface area contributed by atoms with Crippen LogP contribution in [0.2, 0.25) is 0 Å². The van der Waals surface area contributed by atoms with Crippen LogP contribution in [0, 0.1) is 5.82 Å². The van der Waals surface area contributed by atoms with Gasteiger partial charge in [-0.1, -0.05) is 6.07 Å². The first-order chi connectivity index (χ1) is 9.70. The van der Waals surface area contributed by atoms with E-state index in [1.165, 1.54) is 12.1 Å². The summed E-state index contributed by atoms with van der Waals surface area (Å²) in [7, 11) is 0. The molecular weight excluding hydrogens is 257 g/mol. The molecule has 0 aliphatic rings. The minimum absolute atomic E-state index is 0.284. The lowest BCUT2D eigenvalue weighted by Crippen LogP contribution is -2.30. The van der Waals surface area contributed by atoms with Crippen molar-refractivity contribution in [2.45, 2.75) is 0 Å². The molecule has 0 atom stereocenters. The summed E-state index contributed by atoms with van der Waals surface area (Å²) in [4.78, 5) is 11.7. The number of hydrazine groups is 1. The zero-order chi connectivity index (χ0) is 14.1. The van der Waals surface area contributed by atoms with Crippen LogP contribution in [0.4, 0.5) is 4.39 Å². The van der Waals surface area contributed by atoms with Gasteiger partial charge >= 0.3 is 0 Å². The summed E-state index contributed by atoms with van der Waals surface area (Å²) in [5.41, 5.74) is 4.32. The van der Waals surface area contributed by atoms with Crippen LogP contribution in [0.1, 0.15) is 10.4 Å². The number of aromatic nitrogens is 1. The maximum Gasteiger partial charge on any atom is 0.265 e. The van der Waals surface area contributed by atoms with Crippen molar-refractivity contribution in [3.8, 4) is 5.69 Å². The molecule has 4 nitrogen and oxygen atoms in total. The van der Waals surface area contributed by atoms with E-state index in [-0.39, 0.29) is 11.7 Å². The van der Waals surface area contributed by atoms with E-state index < -0.39 is 0 Å². The van der Waals surface area contributed by atoms with Gasteiger partial charge in [0.2, 0.25) is 0 Å². The van der Waals surface area contributed by atoms with Gasteiger partial charge in [0.25, 0.3) is 5.91 Å². The van der Waals surface area contributed by atoms with Crippen molar-refractivity contribution in [1.29, 1.82) is 0 Å². The summed E-state index contributed by atoms with van der Waals surface area (Å²) < 4.78 is 14.9. The van der Waals surface area contributed by atoms with Crippen molar-refractivity contribution < 1.29 is 9.18 Å². The summed E-state index contributed by atoms with van der Waals surface area (Å²) in [5, 5.41) is 0.791. The van der Waals surface area contributed by atoms with E-state index in [4.69, 9.17) is 5.84 Å². The predicted molar refractivity (Wildman–Crippen MR) is 74.9 cm³/mol. The molecule has 0 bridgehead atoms. The standard InChI is InChI=1S/C15H12FN3O/c16-10-4-6-11(7-5-10)19-9-8-12-13(15(20)18-17)2-1-3-14(12)19/h1-9H,17H2,(H,18,20). The number of halogens is 1. The van der Waals surface area contributed by atoms with E-state index in [0.717, 1.165) is 16.6 Å². The average Bonchev–Trinajstić information content (AvgIpc) is 2.91. The van der Waals surface area contributed by atoms with Gasteiger partial charge in [-0.15, -0.1) is 0 Å². The molecule has 0 aliphatic heterocycles. The topological polar surface area (TPSA) is 60.0 Å². The van der Waals surface area contributed by atoms with E-state index in [0.29, 0.717) is 5.56 Å². The number of hydrogen-bond donors (Lipinski definition) is 2. The third-order valence-electron chi connectivity index (χ3n) is 3.21. The molecule has 0 saturated carbocycles. The second-order valence-corrected chi connectivity index (χ2v) is 4.37. The normalized spacial score (nSPS) is 10.7. The molecule has 2 aromatic carbocycles. The number of carbonyl (C=O) groups is 1. The fraction of sp³-hybridized carbons (Fsp3) is 0. The van der Waals surface area contributed by atoms with E-state index in [1.807, 2.05) is 22.9 Å². The second kappa shape index (κ2) is 4.79. The van der Waals surface area contributed by atoms with Crippen molar-refractivity contribution >= 4 is 16.8 Å². The lowest BCUT2D eigenvalue weighted by molar-refractivity contribution is 0.0955. The zero-order valence-corrected chi connectivity index (χ0v) is 10.5. The fourth-order valence-corrected chi connectivity index (χ4v) is 2.27. The molecule has 0 saturated heterocycles. The highest BCUT2D eigenvalue weighted by atomic mass is 19.1. The molecule has 100 valence electrons. The third-order valence-corrected chi connectivity index (χ3v) is 3.21. The van der Waals surface area contributed by atoms with Crippen LogP contribution >= 0.6 is 0 Å². The number of carbonyl (C=O) groups excluding carboxylic acids is 1. The average molecular weight is 269 g/mol. The van der Waals surface area contributed by atoms with Crippen molar-refractivity contribution in [2.75, 3.05) is 0 Å². The van der Waals surface area contributed by atoms with E-state index in [2.05, 4.69) is 5.43 Å². The largest absolute Gasteiger partial charge is 0.317 e. The van der Waals surface area contributed by atoms with Crippen LogP contribution in [-0.2, 0) is 0 Å². The van der Waals surface area contributed by atoms with Gasteiger partial charge in [0, 0.05) is 17.3 Å². The highest BCUT2D eigenvalue weighted by Gasteiger charge is 2.11. The highest BCUT2D eigenvalue weighted by molar-refractivity contribution is 6.06. The first kappa shape index (κ1) is 12.4.